The van der Waals surface area contributed by atoms with E-state index in [1.165, 1.54) is 23.9 Å². The van der Waals surface area contributed by atoms with Crippen LogP contribution in [0.2, 0.25) is 0 Å². The zero-order valence-electron chi connectivity index (χ0n) is 15.8. The summed E-state index contributed by atoms with van der Waals surface area (Å²) in [6.07, 6.45) is 0. The lowest BCUT2D eigenvalue weighted by atomic mass is 10.2. The van der Waals surface area contributed by atoms with E-state index in [1.54, 1.807) is 23.5 Å². The van der Waals surface area contributed by atoms with Crippen molar-refractivity contribution in [1.29, 1.82) is 0 Å². The summed E-state index contributed by atoms with van der Waals surface area (Å²) in [7, 11) is 0. The molecule has 1 N–H and O–H groups in total. The molecule has 4 aromatic rings. The molecule has 0 aliphatic heterocycles. The van der Waals surface area contributed by atoms with E-state index in [9.17, 15) is 14.9 Å². The van der Waals surface area contributed by atoms with E-state index in [0.717, 1.165) is 32.0 Å². The van der Waals surface area contributed by atoms with E-state index in [1.807, 2.05) is 48.5 Å². The number of hydrogen-bond acceptors (Lipinski definition) is 6. The number of non-ortho nitro benzene ring substituents is 1. The van der Waals surface area contributed by atoms with Crippen molar-refractivity contribution >= 4 is 50.6 Å². The highest BCUT2D eigenvalue weighted by Gasteiger charge is 2.09. The summed E-state index contributed by atoms with van der Waals surface area (Å²) in [6.45, 7) is 0. The molecule has 0 saturated carbocycles. The Kier molecular flexibility index (Phi) is 6.06. The Morgan fingerprint density at radius 3 is 2.63 bits per heavy atom. The highest BCUT2D eigenvalue weighted by Crippen LogP contribution is 2.31. The molecule has 4 rings (SSSR count). The largest absolute Gasteiger partial charge is 0.325 e. The van der Waals surface area contributed by atoms with Crippen molar-refractivity contribution in [2.45, 2.75) is 5.75 Å². The monoisotopic (exact) mass is 435 g/mol. The lowest BCUT2D eigenvalue weighted by Crippen LogP contribution is -2.14. The molecule has 150 valence electrons. The second-order valence-corrected chi connectivity index (χ2v) is 8.55. The maximum absolute atomic E-state index is 12.3. The average molecular weight is 436 g/mol. The molecular weight excluding hydrogens is 418 g/mol. The molecular formula is C22H17N3O3S2. The molecule has 8 heteroatoms. The van der Waals surface area contributed by atoms with Gasteiger partial charge in [0, 0.05) is 29.1 Å². The van der Waals surface area contributed by atoms with E-state index in [0.29, 0.717) is 11.5 Å². The van der Waals surface area contributed by atoms with Gasteiger partial charge in [0.2, 0.25) is 5.91 Å². The van der Waals surface area contributed by atoms with Crippen LogP contribution < -0.4 is 5.32 Å². The standard InChI is InChI=1S/C22H17N3O3S2/c26-21(14-29-13-15-8-10-18(11-9-15)25(27)28)23-17-5-3-4-16(12-17)22-24-19-6-1-2-7-20(19)30-22/h1-12H,13-14H2,(H,23,26). The second kappa shape index (κ2) is 9.06. The SMILES string of the molecule is O=C(CSCc1ccc([N+](=O)[O-])cc1)Nc1cccc(-c2nc3ccccc3s2)c1. The molecule has 0 aliphatic carbocycles. The third-order valence-electron chi connectivity index (χ3n) is 4.34. The molecule has 1 aromatic heterocycles. The molecule has 0 fully saturated rings. The van der Waals surface area contributed by atoms with Crippen LogP contribution >= 0.6 is 23.1 Å². The van der Waals surface area contributed by atoms with Crippen LogP contribution in [0.3, 0.4) is 0 Å². The number of fused-ring (bicyclic) bond motifs is 1. The van der Waals surface area contributed by atoms with E-state index >= 15 is 0 Å². The van der Waals surface area contributed by atoms with Crippen molar-refractivity contribution < 1.29 is 9.72 Å². The number of amides is 1. The van der Waals surface area contributed by atoms with Gasteiger partial charge in [-0.2, -0.15) is 0 Å². The molecule has 1 heterocycles. The van der Waals surface area contributed by atoms with Gasteiger partial charge in [-0.05, 0) is 29.8 Å². The number of nitro groups is 1. The van der Waals surface area contributed by atoms with E-state index in [2.05, 4.69) is 10.3 Å². The van der Waals surface area contributed by atoms with E-state index < -0.39 is 4.92 Å². The molecule has 0 aliphatic rings. The summed E-state index contributed by atoms with van der Waals surface area (Å²) in [5, 5.41) is 14.5. The van der Waals surface area contributed by atoms with Gasteiger partial charge in [-0.15, -0.1) is 23.1 Å². The summed E-state index contributed by atoms with van der Waals surface area (Å²) in [4.78, 5) is 27.2. The number of nitrogens with one attached hydrogen (secondary N) is 1. The lowest BCUT2D eigenvalue weighted by molar-refractivity contribution is -0.384. The lowest BCUT2D eigenvalue weighted by Gasteiger charge is -2.07. The van der Waals surface area contributed by atoms with Gasteiger partial charge in [0.05, 0.1) is 20.9 Å². The van der Waals surface area contributed by atoms with Crippen LogP contribution in [0.25, 0.3) is 20.8 Å². The molecule has 30 heavy (non-hydrogen) atoms. The van der Waals surface area contributed by atoms with Gasteiger partial charge < -0.3 is 5.32 Å². The Hall–Kier alpha value is -3.23. The van der Waals surface area contributed by atoms with Crippen LogP contribution in [0, 0.1) is 10.1 Å². The normalized spacial score (nSPS) is 10.8. The third kappa shape index (κ3) is 4.84. The van der Waals surface area contributed by atoms with Gasteiger partial charge in [0.25, 0.3) is 5.69 Å². The fourth-order valence-corrected chi connectivity index (χ4v) is 4.65. The van der Waals surface area contributed by atoms with Crippen molar-refractivity contribution in [1.82, 2.24) is 4.98 Å². The van der Waals surface area contributed by atoms with Crippen LogP contribution in [0.4, 0.5) is 11.4 Å². The Labute approximate surface area is 181 Å². The molecule has 0 radical (unpaired) electrons. The maximum atomic E-state index is 12.3. The van der Waals surface area contributed by atoms with Crippen molar-refractivity contribution in [2.24, 2.45) is 0 Å². The zero-order chi connectivity index (χ0) is 20.9. The minimum absolute atomic E-state index is 0.0644. The Bertz CT molecular complexity index is 1170. The number of carbonyl (C=O) groups excluding carboxylic acids is 1. The number of nitrogens with zero attached hydrogens (tertiary/aromatic N) is 2. The first-order valence-electron chi connectivity index (χ1n) is 9.15. The number of anilines is 1. The molecule has 0 bridgehead atoms. The molecule has 3 aromatic carbocycles. The number of carbonyl (C=O) groups is 1. The Balaban J connectivity index is 1.34. The van der Waals surface area contributed by atoms with Gasteiger partial charge in [-0.3, -0.25) is 14.9 Å². The number of thiazole rings is 1. The molecule has 0 spiro atoms. The maximum Gasteiger partial charge on any atom is 0.269 e. The number of para-hydroxylation sites is 1. The average Bonchev–Trinajstić information content (AvgIpc) is 3.19. The molecule has 0 atom stereocenters. The molecule has 6 nitrogen and oxygen atoms in total. The fourth-order valence-electron chi connectivity index (χ4n) is 2.90. The minimum Gasteiger partial charge on any atom is -0.325 e. The summed E-state index contributed by atoms with van der Waals surface area (Å²) in [5.41, 5.74) is 3.67. The van der Waals surface area contributed by atoms with Crippen molar-refractivity contribution in [3.63, 3.8) is 0 Å². The first-order valence-corrected chi connectivity index (χ1v) is 11.1. The van der Waals surface area contributed by atoms with Crippen LogP contribution in [0.1, 0.15) is 5.56 Å². The number of aromatic nitrogens is 1. The number of rotatable bonds is 7. The summed E-state index contributed by atoms with van der Waals surface area (Å²) < 4.78 is 1.13. The fraction of sp³-hybridized carbons (Fsp3) is 0.0909. The summed E-state index contributed by atoms with van der Waals surface area (Å²) in [6, 6.07) is 22.0. The molecule has 1 amide bonds. The number of benzene rings is 3. The van der Waals surface area contributed by atoms with Crippen molar-refractivity contribution in [2.75, 3.05) is 11.1 Å². The van der Waals surface area contributed by atoms with Gasteiger partial charge >= 0.3 is 0 Å². The van der Waals surface area contributed by atoms with Crippen molar-refractivity contribution in [3.8, 4) is 10.6 Å². The Morgan fingerprint density at radius 1 is 1.07 bits per heavy atom. The van der Waals surface area contributed by atoms with Crippen LogP contribution in [0.5, 0.6) is 0 Å². The van der Waals surface area contributed by atoms with Gasteiger partial charge in [-0.1, -0.05) is 36.4 Å². The zero-order valence-corrected chi connectivity index (χ0v) is 17.4. The van der Waals surface area contributed by atoms with Gasteiger partial charge in [0.1, 0.15) is 5.01 Å². The summed E-state index contributed by atoms with van der Waals surface area (Å²) in [5.74, 6) is 0.808. The van der Waals surface area contributed by atoms with Gasteiger partial charge in [0.15, 0.2) is 0 Å². The van der Waals surface area contributed by atoms with Crippen LogP contribution in [-0.2, 0) is 10.5 Å². The predicted molar refractivity (Wildman–Crippen MR) is 123 cm³/mol. The van der Waals surface area contributed by atoms with Crippen LogP contribution in [0.15, 0.2) is 72.8 Å². The van der Waals surface area contributed by atoms with E-state index in [-0.39, 0.29) is 11.6 Å². The Morgan fingerprint density at radius 2 is 1.87 bits per heavy atom. The molecule has 0 saturated heterocycles. The summed E-state index contributed by atoms with van der Waals surface area (Å²) >= 11 is 3.08. The molecule has 0 unspecified atom stereocenters. The van der Waals surface area contributed by atoms with E-state index in [4.69, 9.17) is 0 Å². The second-order valence-electron chi connectivity index (χ2n) is 6.53. The first-order chi connectivity index (χ1) is 14.6. The predicted octanol–water partition coefficient (Wildman–Crippen LogP) is 5.74. The highest BCUT2D eigenvalue weighted by molar-refractivity contribution is 7.99. The minimum atomic E-state index is -0.424. The number of hydrogen-bond donors (Lipinski definition) is 1. The third-order valence-corrected chi connectivity index (χ3v) is 6.43. The van der Waals surface area contributed by atoms with Crippen molar-refractivity contribution in [3.05, 3.63) is 88.5 Å². The number of thioether (sulfide) groups is 1. The van der Waals surface area contributed by atoms with Gasteiger partial charge in [-0.25, -0.2) is 4.98 Å². The number of nitro benzene ring substituents is 1. The van der Waals surface area contributed by atoms with Crippen LogP contribution in [-0.4, -0.2) is 21.6 Å². The smallest absolute Gasteiger partial charge is 0.269 e. The quantitative estimate of drug-likeness (QED) is 0.295. The topological polar surface area (TPSA) is 85.1 Å². The highest BCUT2D eigenvalue weighted by atomic mass is 32.2. The first kappa shape index (κ1) is 20.1.